The molecular weight excluding hydrogens is 258 g/mol. The standard InChI is InChI=1S/C11H17NO5S/c1-8(2)6-7-12(3)18(15,16)10-5-4-9(17-10)11(13)14/h4-5,8H,6-7H2,1-3H3,(H,13,14). The van der Waals surface area contributed by atoms with Gasteiger partial charge in [0.15, 0.2) is 0 Å². The Bertz CT molecular complexity index is 517. The number of sulfonamides is 1. The highest BCUT2D eigenvalue weighted by molar-refractivity contribution is 7.89. The molecule has 0 aliphatic heterocycles. The van der Waals surface area contributed by atoms with E-state index in [0.29, 0.717) is 12.5 Å². The molecule has 0 spiro atoms. The van der Waals surface area contributed by atoms with Crippen LogP contribution >= 0.6 is 0 Å². The molecule has 6 nitrogen and oxygen atoms in total. The zero-order valence-electron chi connectivity index (χ0n) is 10.6. The van der Waals surface area contributed by atoms with Crippen LogP contribution in [0.5, 0.6) is 0 Å². The van der Waals surface area contributed by atoms with Gasteiger partial charge in [0.05, 0.1) is 0 Å². The second-order valence-corrected chi connectivity index (χ2v) is 6.41. The lowest BCUT2D eigenvalue weighted by atomic mass is 10.1. The van der Waals surface area contributed by atoms with Gasteiger partial charge >= 0.3 is 5.97 Å². The average Bonchev–Trinajstić information content (AvgIpc) is 2.75. The van der Waals surface area contributed by atoms with Crippen molar-refractivity contribution in [1.29, 1.82) is 0 Å². The summed E-state index contributed by atoms with van der Waals surface area (Å²) < 4.78 is 30.0. The molecule has 0 aliphatic carbocycles. The van der Waals surface area contributed by atoms with Crippen LogP contribution in [0.2, 0.25) is 0 Å². The zero-order chi connectivity index (χ0) is 13.9. The molecule has 1 aromatic heterocycles. The molecule has 0 saturated heterocycles. The Morgan fingerprint density at radius 3 is 2.50 bits per heavy atom. The third-order valence-corrected chi connectivity index (χ3v) is 4.21. The normalized spacial score (nSPS) is 12.3. The molecule has 7 heteroatoms. The predicted octanol–water partition coefficient (Wildman–Crippen LogP) is 1.64. The Kier molecular flexibility index (Phi) is 4.53. The number of carbonyl (C=O) groups is 1. The molecule has 1 heterocycles. The minimum absolute atomic E-state index is 0.342. The smallest absolute Gasteiger partial charge is 0.371 e. The molecule has 0 bridgehead atoms. The average molecular weight is 275 g/mol. The molecule has 0 aromatic carbocycles. The largest absolute Gasteiger partial charge is 0.475 e. The van der Waals surface area contributed by atoms with E-state index >= 15 is 0 Å². The van der Waals surface area contributed by atoms with E-state index < -0.39 is 16.0 Å². The summed E-state index contributed by atoms with van der Waals surface area (Å²) >= 11 is 0. The van der Waals surface area contributed by atoms with Crippen LogP contribution in [0.3, 0.4) is 0 Å². The van der Waals surface area contributed by atoms with Crippen LogP contribution in [0, 0.1) is 5.92 Å². The number of rotatable bonds is 6. The van der Waals surface area contributed by atoms with Gasteiger partial charge in [-0.25, -0.2) is 13.2 Å². The monoisotopic (exact) mass is 275 g/mol. The van der Waals surface area contributed by atoms with Crippen molar-refractivity contribution < 1.29 is 22.7 Å². The fraction of sp³-hybridized carbons (Fsp3) is 0.545. The maximum Gasteiger partial charge on any atom is 0.371 e. The van der Waals surface area contributed by atoms with E-state index in [1.165, 1.54) is 7.05 Å². The summed E-state index contributed by atoms with van der Waals surface area (Å²) in [4.78, 5) is 10.6. The van der Waals surface area contributed by atoms with Gasteiger partial charge < -0.3 is 9.52 Å². The van der Waals surface area contributed by atoms with Crippen molar-refractivity contribution >= 4 is 16.0 Å². The maximum atomic E-state index is 12.0. The lowest BCUT2D eigenvalue weighted by Crippen LogP contribution is -2.28. The lowest BCUT2D eigenvalue weighted by Gasteiger charge is -2.16. The summed E-state index contributed by atoms with van der Waals surface area (Å²) in [6.07, 6.45) is 0.724. The van der Waals surface area contributed by atoms with Crippen molar-refractivity contribution in [1.82, 2.24) is 4.31 Å². The van der Waals surface area contributed by atoms with Gasteiger partial charge in [-0.2, -0.15) is 4.31 Å². The molecule has 102 valence electrons. The molecule has 0 aliphatic rings. The number of furan rings is 1. The number of hydrogen-bond acceptors (Lipinski definition) is 4. The molecule has 18 heavy (non-hydrogen) atoms. The summed E-state index contributed by atoms with van der Waals surface area (Å²) in [5.41, 5.74) is 0. The van der Waals surface area contributed by atoms with E-state index in [4.69, 9.17) is 9.52 Å². The number of carboxylic acids is 1. The van der Waals surface area contributed by atoms with E-state index in [-0.39, 0.29) is 10.9 Å². The molecule has 0 amide bonds. The van der Waals surface area contributed by atoms with E-state index in [1.54, 1.807) is 0 Å². The number of hydrogen-bond donors (Lipinski definition) is 1. The first kappa shape index (κ1) is 14.7. The van der Waals surface area contributed by atoms with Gasteiger partial charge in [-0.05, 0) is 24.5 Å². The van der Waals surface area contributed by atoms with Crippen molar-refractivity contribution in [2.45, 2.75) is 25.4 Å². The number of aromatic carboxylic acids is 1. The van der Waals surface area contributed by atoms with Crippen LogP contribution in [0.15, 0.2) is 21.6 Å². The second-order valence-electron chi connectivity index (χ2n) is 4.43. The first-order chi connectivity index (χ1) is 8.25. The summed E-state index contributed by atoms with van der Waals surface area (Å²) in [7, 11) is -2.30. The van der Waals surface area contributed by atoms with Crippen molar-refractivity contribution in [2.75, 3.05) is 13.6 Å². The summed E-state index contributed by atoms with van der Waals surface area (Å²) in [5, 5.41) is 8.33. The summed E-state index contributed by atoms with van der Waals surface area (Å²) in [6.45, 7) is 4.36. The van der Waals surface area contributed by atoms with Crippen LogP contribution < -0.4 is 0 Å². The summed E-state index contributed by atoms with van der Waals surface area (Å²) in [6, 6.07) is 2.29. The number of carboxylic acid groups (broad SMARTS) is 1. The molecule has 1 aromatic rings. The van der Waals surface area contributed by atoms with E-state index in [2.05, 4.69) is 0 Å². The maximum absolute atomic E-state index is 12.0. The van der Waals surface area contributed by atoms with Crippen molar-refractivity contribution in [3.8, 4) is 0 Å². The van der Waals surface area contributed by atoms with Crippen LogP contribution in [-0.4, -0.2) is 37.4 Å². The van der Waals surface area contributed by atoms with Crippen LogP contribution in [0.4, 0.5) is 0 Å². The quantitative estimate of drug-likeness (QED) is 0.852. The Morgan fingerprint density at radius 1 is 1.44 bits per heavy atom. The lowest BCUT2D eigenvalue weighted by molar-refractivity contribution is 0.0656. The molecule has 0 radical (unpaired) electrons. The first-order valence-electron chi connectivity index (χ1n) is 5.54. The van der Waals surface area contributed by atoms with E-state index in [9.17, 15) is 13.2 Å². The Labute approximate surface area is 106 Å². The zero-order valence-corrected chi connectivity index (χ0v) is 11.4. The van der Waals surface area contributed by atoms with E-state index in [0.717, 1.165) is 22.9 Å². The van der Waals surface area contributed by atoms with Crippen LogP contribution in [0.25, 0.3) is 0 Å². The fourth-order valence-corrected chi connectivity index (χ4v) is 2.38. The predicted molar refractivity (Wildman–Crippen MR) is 64.9 cm³/mol. The van der Waals surface area contributed by atoms with Gasteiger partial charge in [-0.1, -0.05) is 13.8 Å². The SMILES string of the molecule is CC(C)CCN(C)S(=O)(=O)c1ccc(C(=O)O)o1. The van der Waals surface area contributed by atoms with Crippen LogP contribution in [-0.2, 0) is 10.0 Å². The van der Waals surface area contributed by atoms with Gasteiger partial charge in [-0.15, -0.1) is 0 Å². The Balaban J connectivity index is 2.87. The van der Waals surface area contributed by atoms with Gasteiger partial charge in [0.2, 0.25) is 10.9 Å². The topological polar surface area (TPSA) is 87.8 Å². The Hall–Kier alpha value is -1.34. The molecule has 0 atom stereocenters. The van der Waals surface area contributed by atoms with Gasteiger partial charge in [0.25, 0.3) is 10.0 Å². The molecule has 1 rings (SSSR count). The minimum atomic E-state index is -3.74. The highest BCUT2D eigenvalue weighted by atomic mass is 32.2. The Morgan fingerprint density at radius 2 is 2.06 bits per heavy atom. The highest BCUT2D eigenvalue weighted by Gasteiger charge is 2.25. The van der Waals surface area contributed by atoms with Crippen molar-refractivity contribution in [3.05, 3.63) is 17.9 Å². The fourth-order valence-electron chi connectivity index (χ4n) is 1.29. The molecule has 1 N–H and O–H groups in total. The van der Waals surface area contributed by atoms with Gasteiger partial charge in [-0.3, -0.25) is 0 Å². The molecular formula is C11H17NO5S. The minimum Gasteiger partial charge on any atom is -0.475 e. The van der Waals surface area contributed by atoms with Crippen molar-refractivity contribution in [3.63, 3.8) is 0 Å². The van der Waals surface area contributed by atoms with E-state index in [1.807, 2.05) is 13.8 Å². The molecule has 0 fully saturated rings. The van der Waals surface area contributed by atoms with Gasteiger partial charge in [0.1, 0.15) is 0 Å². The van der Waals surface area contributed by atoms with Gasteiger partial charge in [0, 0.05) is 13.6 Å². The van der Waals surface area contributed by atoms with Crippen molar-refractivity contribution in [2.24, 2.45) is 5.92 Å². The third kappa shape index (κ3) is 3.33. The molecule has 0 unspecified atom stereocenters. The highest BCUT2D eigenvalue weighted by Crippen LogP contribution is 2.18. The second kappa shape index (κ2) is 5.53. The first-order valence-corrected chi connectivity index (χ1v) is 6.98. The summed E-state index contributed by atoms with van der Waals surface area (Å²) in [5.74, 6) is -1.29. The molecule has 0 saturated carbocycles. The number of nitrogens with zero attached hydrogens (tertiary/aromatic N) is 1. The van der Waals surface area contributed by atoms with Crippen LogP contribution in [0.1, 0.15) is 30.8 Å². The third-order valence-electron chi connectivity index (χ3n) is 2.48.